The lowest BCUT2D eigenvalue weighted by atomic mass is 9.86. The Labute approximate surface area is 160 Å². The Hall–Kier alpha value is -1.92. The summed E-state index contributed by atoms with van der Waals surface area (Å²) in [6.45, 7) is 4.55. The van der Waals surface area contributed by atoms with Crippen LogP contribution < -0.4 is 0 Å². The molecule has 0 aromatic carbocycles. The first-order valence-electron chi connectivity index (χ1n) is 10.5. The molecule has 0 spiro atoms. The van der Waals surface area contributed by atoms with Gasteiger partial charge in [-0.15, -0.1) is 0 Å². The van der Waals surface area contributed by atoms with E-state index in [4.69, 9.17) is 4.52 Å². The fourth-order valence-electron chi connectivity index (χ4n) is 4.64. The highest BCUT2D eigenvalue weighted by Crippen LogP contribution is 2.32. The Balaban J connectivity index is 1.24. The molecule has 7 nitrogen and oxygen atoms in total. The molecule has 1 aromatic heterocycles. The molecule has 1 aliphatic carbocycles. The predicted octanol–water partition coefficient (Wildman–Crippen LogP) is 2.69. The van der Waals surface area contributed by atoms with Gasteiger partial charge >= 0.3 is 0 Å². The van der Waals surface area contributed by atoms with E-state index in [0.29, 0.717) is 31.3 Å². The maximum atomic E-state index is 12.4. The van der Waals surface area contributed by atoms with Crippen LogP contribution in [0.3, 0.4) is 0 Å². The lowest BCUT2D eigenvalue weighted by molar-refractivity contribution is -0.137. The molecule has 2 aliphatic heterocycles. The lowest BCUT2D eigenvalue weighted by Gasteiger charge is -2.38. The van der Waals surface area contributed by atoms with Gasteiger partial charge in [0.15, 0.2) is 5.82 Å². The first-order chi connectivity index (χ1) is 13.1. The molecule has 27 heavy (non-hydrogen) atoms. The maximum absolute atomic E-state index is 12.4. The Morgan fingerprint density at radius 2 is 1.70 bits per heavy atom. The summed E-state index contributed by atoms with van der Waals surface area (Å²) in [7, 11) is 0. The molecule has 2 saturated heterocycles. The van der Waals surface area contributed by atoms with Crippen molar-refractivity contribution in [2.45, 2.75) is 70.1 Å². The molecule has 0 unspecified atom stereocenters. The smallest absolute Gasteiger partial charge is 0.233 e. The van der Waals surface area contributed by atoms with Crippen LogP contribution in [0.25, 0.3) is 0 Å². The summed E-state index contributed by atoms with van der Waals surface area (Å²) < 4.78 is 5.49. The molecule has 0 bridgehead atoms. The number of hydrogen-bond donors (Lipinski definition) is 0. The second-order valence-electron chi connectivity index (χ2n) is 8.47. The number of nitrogens with zero attached hydrogens (tertiary/aromatic N) is 4. The topological polar surface area (TPSA) is 79.5 Å². The minimum Gasteiger partial charge on any atom is -0.343 e. The molecule has 0 atom stereocenters. The van der Waals surface area contributed by atoms with Gasteiger partial charge in [-0.2, -0.15) is 4.98 Å². The van der Waals surface area contributed by atoms with Gasteiger partial charge in [-0.05, 0) is 31.6 Å². The van der Waals surface area contributed by atoms with Gasteiger partial charge in [0, 0.05) is 45.4 Å². The van der Waals surface area contributed by atoms with Crippen LogP contribution in [0, 0.1) is 5.92 Å². The van der Waals surface area contributed by atoms with Crippen LogP contribution >= 0.6 is 0 Å². The maximum Gasteiger partial charge on any atom is 0.233 e. The SMILES string of the molecule is CC(=O)N1CCC(c2noc(C3CN(C(=O)CC4CCCCC4)C3)n2)CC1. The van der Waals surface area contributed by atoms with Gasteiger partial charge in [-0.3, -0.25) is 9.59 Å². The van der Waals surface area contributed by atoms with Gasteiger partial charge < -0.3 is 14.3 Å². The van der Waals surface area contributed by atoms with Crippen molar-refractivity contribution in [2.75, 3.05) is 26.2 Å². The van der Waals surface area contributed by atoms with Crippen LogP contribution in [-0.2, 0) is 9.59 Å². The molecule has 3 fully saturated rings. The van der Waals surface area contributed by atoms with E-state index < -0.39 is 0 Å². The number of hydrogen-bond acceptors (Lipinski definition) is 5. The van der Waals surface area contributed by atoms with E-state index in [9.17, 15) is 9.59 Å². The number of carbonyl (C=O) groups is 2. The Morgan fingerprint density at radius 3 is 2.37 bits per heavy atom. The third kappa shape index (κ3) is 4.17. The second-order valence-corrected chi connectivity index (χ2v) is 8.47. The number of amides is 2. The quantitative estimate of drug-likeness (QED) is 0.809. The molecular weight excluding hydrogens is 344 g/mol. The number of rotatable bonds is 4. The van der Waals surface area contributed by atoms with Crippen LogP contribution in [0.15, 0.2) is 4.52 Å². The normalized spacial score (nSPS) is 22.7. The van der Waals surface area contributed by atoms with Crippen LogP contribution in [0.1, 0.15) is 81.8 Å². The van der Waals surface area contributed by atoms with E-state index in [2.05, 4.69) is 10.1 Å². The molecule has 0 N–H and O–H groups in total. The predicted molar refractivity (Wildman–Crippen MR) is 99.0 cm³/mol. The van der Waals surface area contributed by atoms with Gasteiger partial charge in [-0.25, -0.2) is 0 Å². The summed E-state index contributed by atoms with van der Waals surface area (Å²) in [6.07, 6.45) is 8.76. The summed E-state index contributed by atoms with van der Waals surface area (Å²) in [5.74, 6) is 2.88. The van der Waals surface area contributed by atoms with Gasteiger partial charge in [0.2, 0.25) is 17.7 Å². The first kappa shape index (κ1) is 18.4. The molecule has 0 radical (unpaired) electrons. The van der Waals surface area contributed by atoms with Crippen molar-refractivity contribution in [1.29, 1.82) is 0 Å². The van der Waals surface area contributed by atoms with Crippen LogP contribution in [-0.4, -0.2) is 57.9 Å². The highest BCUT2D eigenvalue weighted by atomic mass is 16.5. The van der Waals surface area contributed by atoms with Crippen molar-refractivity contribution in [2.24, 2.45) is 5.92 Å². The van der Waals surface area contributed by atoms with Crippen LogP contribution in [0.2, 0.25) is 0 Å². The molecule has 1 aromatic rings. The molecule has 7 heteroatoms. The van der Waals surface area contributed by atoms with Crippen molar-refractivity contribution in [3.63, 3.8) is 0 Å². The molecule has 1 saturated carbocycles. The summed E-state index contributed by atoms with van der Waals surface area (Å²) >= 11 is 0. The lowest BCUT2D eigenvalue weighted by Crippen LogP contribution is -2.49. The average Bonchev–Trinajstić information content (AvgIpc) is 3.11. The number of piperidine rings is 1. The summed E-state index contributed by atoms with van der Waals surface area (Å²) in [5.41, 5.74) is 0. The minimum absolute atomic E-state index is 0.134. The molecular formula is C20H30N4O3. The zero-order valence-corrected chi connectivity index (χ0v) is 16.2. The second kappa shape index (κ2) is 7.98. The van der Waals surface area contributed by atoms with E-state index in [0.717, 1.165) is 31.8 Å². The highest BCUT2D eigenvalue weighted by molar-refractivity contribution is 5.77. The van der Waals surface area contributed by atoms with Gasteiger partial charge in [0.1, 0.15) is 0 Å². The molecule has 3 heterocycles. The largest absolute Gasteiger partial charge is 0.343 e. The Kier molecular flexibility index (Phi) is 5.45. The zero-order valence-electron chi connectivity index (χ0n) is 16.2. The fourth-order valence-corrected chi connectivity index (χ4v) is 4.64. The van der Waals surface area contributed by atoms with Gasteiger partial charge in [-0.1, -0.05) is 24.4 Å². The number of aromatic nitrogens is 2. The Bertz CT molecular complexity index is 669. The third-order valence-corrected chi connectivity index (χ3v) is 6.53. The Morgan fingerprint density at radius 1 is 1.00 bits per heavy atom. The van der Waals surface area contributed by atoms with Crippen molar-refractivity contribution in [3.8, 4) is 0 Å². The van der Waals surface area contributed by atoms with E-state index in [-0.39, 0.29) is 23.7 Å². The molecule has 148 valence electrons. The summed E-state index contributed by atoms with van der Waals surface area (Å²) in [6, 6.07) is 0. The van der Waals surface area contributed by atoms with E-state index >= 15 is 0 Å². The van der Waals surface area contributed by atoms with Crippen molar-refractivity contribution >= 4 is 11.8 Å². The van der Waals surface area contributed by atoms with Crippen LogP contribution in [0.4, 0.5) is 0 Å². The highest BCUT2D eigenvalue weighted by Gasteiger charge is 2.37. The summed E-state index contributed by atoms with van der Waals surface area (Å²) in [5, 5.41) is 4.18. The number of carbonyl (C=O) groups excluding carboxylic acids is 2. The molecule has 3 aliphatic rings. The average molecular weight is 374 g/mol. The van der Waals surface area contributed by atoms with E-state index in [1.165, 1.54) is 32.1 Å². The first-order valence-corrected chi connectivity index (χ1v) is 10.5. The number of likely N-dealkylation sites (tertiary alicyclic amines) is 2. The van der Waals surface area contributed by atoms with Crippen molar-refractivity contribution < 1.29 is 14.1 Å². The van der Waals surface area contributed by atoms with Gasteiger partial charge in [0.25, 0.3) is 0 Å². The van der Waals surface area contributed by atoms with E-state index in [1.807, 2.05) is 9.80 Å². The zero-order chi connectivity index (χ0) is 18.8. The standard InChI is InChI=1S/C20H30N4O3/c1-14(25)23-9-7-16(8-10-23)19-21-20(27-22-19)17-12-24(13-17)18(26)11-15-5-3-2-4-6-15/h15-17H,2-13H2,1H3. The van der Waals surface area contributed by atoms with E-state index in [1.54, 1.807) is 6.92 Å². The van der Waals surface area contributed by atoms with Crippen molar-refractivity contribution in [3.05, 3.63) is 11.7 Å². The molecule has 2 amide bonds. The molecule has 4 rings (SSSR count). The third-order valence-electron chi connectivity index (χ3n) is 6.53. The van der Waals surface area contributed by atoms with Crippen molar-refractivity contribution in [1.82, 2.24) is 19.9 Å². The monoisotopic (exact) mass is 374 g/mol. The minimum atomic E-state index is 0.134. The fraction of sp³-hybridized carbons (Fsp3) is 0.800. The van der Waals surface area contributed by atoms with Crippen LogP contribution in [0.5, 0.6) is 0 Å². The summed E-state index contributed by atoms with van der Waals surface area (Å²) in [4.78, 5) is 32.3. The van der Waals surface area contributed by atoms with Gasteiger partial charge in [0.05, 0.1) is 5.92 Å².